The zero-order chi connectivity index (χ0) is 11.4. The number of hydrogen-bond acceptors (Lipinski definition) is 7. The van der Waals surface area contributed by atoms with Crippen LogP contribution >= 0.6 is 86.7 Å². The van der Waals surface area contributed by atoms with Gasteiger partial charge in [-0.25, -0.2) is 0 Å². The number of rotatable bonds is 4. The Bertz CT molecular complexity index is 170. The molecule has 1 fully saturated rings. The maximum atomic E-state index is 4.73. The molecule has 0 spiro atoms. The number of hydrogen-bond donors (Lipinski definition) is 5. The van der Waals surface area contributed by atoms with Crippen molar-refractivity contribution in [3.8, 4) is 0 Å². The summed E-state index contributed by atoms with van der Waals surface area (Å²) in [6, 6.07) is 0. The molecule has 1 rings (SSSR count). The number of thiol groups is 5. The van der Waals surface area contributed by atoms with E-state index < -0.39 is 0 Å². The van der Waals surface area contributed by atoms with E-state index in [4.69, 9.17) is 12.6 Å². The van der Waals surface area contributed by atoms with Crippen LogP contribution in [0.3, 0.4) is 0 Å². The van der Waals surface area contributed by atoms with Crippen molar-refractivity contribution in [3.63, 3.8) is 0 Å². The topological polar surface area (TPSA) is 0 Å². The van der Waals surface area contributed by atoms with Crippen LogP contribution in [0.4, 0.5) is 0 Å². The predicted octanol–water partition coefficient (Wildman–Crippen LogP) is 3.26. The summed E-state index contributed by atoms with van der Waals surface area (Å²) in [4.78, 5) is 0. The van der Waals surface area contributed by atoms with Crippen molar-refractivity contribution in [1.29, 1.82) is 0 Å². The van der Waals surface area contributed by atoms with E-state index in [-0.39, 0.29) is 0 Å². The minimum Gasteiger partial charge on any atom is -0.175 e. The van der Waals surface area contributed by atoms with E-state index in [0.717, 1.165) is 16.6 Å². The highest BCUT2D eigenvalue weighted by Gasteiger charge is 2.40. The summed E-state index contributed by atoms with van der Waals surface area (Å²) in [6.45, 7) is 0. The van der Waals surface area contributed by atoms with Gasteiger partial charge in [0.2, 0.25) is 0 Å². The predicted molar refractivity (Wildman–Crippen MR) is 93.4 cm³/mol. The molecule has 0 amide bonds. The van der Waals surface area contributed by atoms with Gasteiger partial charge in [0.25, 0.3) is 0 Å². The lowest BCUT2D eigenvalue weighted by atomic mass is 9.97. The summed E-state index contributed by atoms with van der Waals surface area (Å²) < 4.78 is 0. The van der Waals surface area contributed by atoms with Gasteiger partial charge in [-0.3, -0.25) is 0 Å². The smallest absolute Gasteiger partial charge is 0.0365 e. The first-order chi connectivity index (χ1) is 7.11. The molecule has 1 aliphatic rings. The van der Waals surface area contributed by atoms with E-state index in [1.165, 1.54) is 0 Å². The Morgan fingerprint density at radius 1 is 0.867 bits per heavy atom. The highest BCUT2D eigenvalue weighted by atomic mass is 32.2. The molecular weight excluding hydrogens is 321 g/mol. The molecule has 0 aromatic rings. The quantitative estimate of drug-likeness (QED) is 0.395. The van der Waals surface area contributed by atoms with Crippen molar-refractivity contribution in [2.24, 2.45) is 0 Å². The molecule has 7 heteroatoms. The van der Waals surface area contributed by atoms with Gasteiger partial charge in [0.05, 0.1) is 0 Å². The lowest BCUT2D eigenvalue weighted by molar-refractivity contribution is 0.571. The van der Waals surface area contributed by atoms with Gasteiger partial charge in [-0.05, 0) is 6.42 Å². The third-order valence-electron chi connectivity index (χ3n) is 2.45. The summed E-state index contributed by atoms with van der Waals surface area (Å²) in [7, 11) is 0. The molecular formula is C8H16S7. The van der Waals surface area contributed by atoms with E-state index in [9.17, 15) is 0 Å². The fourth-order valence-corrected chi connectivity index (χ4v) is 7.34. The summed E-state index contributed by atoms with van der Waals surface area (Å²) in [6.07, 6.45) is 1.04. The van der Waals surface area contributed by atoms with Crippen molar-refractivity contribution in [1.82, 2.24) is 0 Å². The SMILES string of the molecule is SCSC1C(S)CC(S)C(SCS)C1S. The van der Waals surface area contributed by atoms with Gasteiger partial charge in [0.15, 0.2) is 0 Å². The van der Waals surface area contributed by atoms with Crippen molar-refractivity contribution < 1.29 is 0 Å². The molecule has 0 radical (unpaired) electrons. The van der Waals surface area contributed by atoms with Gasteiger partial charge >= 0.3 is 0 Å². The van der Waals surface area contributed by atoms with Gasteiger partial charge in [-0.15, -0.1) is 23.5 Å². The molecule has 1 saturated carbocycles. The Kier molecular flexibility index (Phi) is 8.05. The van der Waals surface area contributed by atoms with Gasteiger partial charge < -0.3 is 0 Å². The van der Waals surface area contributed by atoms with Crippen LogP contribution in [0, 0.1) is 0 Å². The molecule has 0 saturated heterocycles. The molecule has 0 aromatic heterocycles. The Labute approximate surface area is 128 Å². The zero-order valence-electron chi connectivity index (χ0n) is 8.06. The molecule has 0 aliphatic heterocycles. The van der Waals surface area contributed by atoms with E-state index in [1.807, 2.05) is 23.5 Å². The average Bonchev–Trinajstić information content (AvgIpc) is 2.19. The maximum Gasteiger partial charge on any atom is 0.0365 e. The second-order valence-corrected chi connectivity index (χ2v) is 9.13. The fraction of sp³-hybridized carbons (Fsp3) is 1.00. The van der Waals surface area contributed by atoms with Crippen LogP contribution < -0.4 is 0 Å². The van der Waals surface area contributed by atoms with Gasteiger partial charge in [0.1, 0.15) is 0 Å². The minimum atomic E-state index is 0.332. The third kappa shape index (κ3) is 4.24. The summed E-state index contributed by atoms with van der Waals surface area (Å²) in [5.41, 5.74) is 0. The maximum absolute atomic E-state index is 4.73. The van der Waals surface area contributed by atoms with Gasteiger partial charge in [-0.2, -0.15) is 63.1 Å². The molecule has 0 heterocycles. The molecule has 15 heavy (non-hydrogen) atoms. The van der Waals surface area contributed by atoms with Crippen LogP contribution in [0.2, 0.25) is 0 Å². The number of thioether (sulfide) groups is 2. The summed E-state index contributed by atoms with van der Waals surface area (Å²) in [5, 5.41) is 3.68. The molecule has 90 valence electrons. The van der Waals surface area contributed by atoms with Crippen LogP contribution in [0.25, 0.3) is 0 Å². The molecule has 0 aromatic carbocycles. The lowest BCUT2D eigenvalue weighted by Crippen LogP contribution is -2.47. The molecule has 4 unspecified atom stereocenters. The Hall–Kier alpha value is 2.45. The van der Waals surface area contributed by atoms with Crippen molar-refractivity contribution in [2.75, 3.05) is 10.2 Å². The molecule has 0 bridgehead atoms. The van der Waals surface area contributed by atoms with Crippen molar-refractivity contribution >= 4 is 86.7 Å². The monoisotopic (exact) mass is 336 g/mol. The largest absolute Gasteiger partial charge is 0.175 e. The molecule has 0 nitrogen and oxygen atoms in total. The second-order valence-electron chi connectivity index (χ2n) is 3.38. The summed E-state index contributed by atoms with van der Waals surface area (Å²) >= 11 is 26.2. The third-order valence-corrected chi connectivity index (χ3v) is 8.17. The van der Waals surface area contributed by atoms with Crippen LogP contribution in [0.15, 0.2) is 0 Å². The molecule has 0 N–H and O–H groups in total. The van der Waals surface area contributed by atoms with Crippen molar-refractivity contribution in [3.05, 3.63) is 0 Å². The Morgan fingerprint density at radius 3 is 1.60 bits per heavy atom. The average molecular weight is 337 g/mol. The first-order valence-electron chi connectivity index (χ1n) is 4.61. The highest BCUT2D eigenvalue weighted by molar-refractivity contribution is 8.11. The summed E-state index contributed by atoms with van der Waals surface area (Å²) in [5.74, 6) is 0. The second kappa shape index (κ2) is 7.79. The van der Waals surface area contributed by atoms with Gasteiger partial charge in [-0.1, -0.05) is 0 Å². The van der Waals surface area contributed by atoms with Crippen LogP contribution in [-0.2, 0) is 0 Å². The van der Waals surface area contributed by atoms with Crippen molar-refractivity contribution in [2.45, 2.75) is 32.7 Å². The Morgan fingerprint density at radius 2 is 1.27 bits per heavy atom. The van der Waals surface area contributed by atoms with Gasteiger partial charge in [0, 0.05) is 36.4 Å². The van der Waals surface area contributed by atoms with E-state index in [2.05, 4.69) is 50.5 Å². The molecule has 1 aliphatic carbocycles. The lowest BCUT2D eigenvalue weighted by Gasteiger charge is -2.41. The normalized spacial score (nSPS) is 41.8. The fourth-order valence-electron chi connectivity index (χ4n) is 1.75. The Balaban J connectivity index is 2.65. The van der Waals surface area contributed by atoms with E-state index in [0.29, 0.717) is 26.2 Å². The first kappa shape index (κ1) is 15.5. The van der Waals surface area contributed by atoms with Crippen LogP contribution in [0.5, 0.6) is 0 Å². The molecule has 4 atom stereocenters. The minimum absolute atomic E-state index is 0.332. The van der Waals surface area contributed by atoms with Crippen LogP contribution in [-0.4, -0.2) is 36.4 Å². The highest BCUT2D eigenvalue weighted by Crippen LogP contribution is 2.42. The van der Waals surface area contributed by atoms with Crippen LogP contribution in [0.1, 0.15) is 6.42 Å². The first-order valence-corrected chi connectivity index (χ1v) is 9.52. The van der Waals surface area contributed by atoms with E-state index in [1.54, 1.807) is 0 Å². The zero-order valence-corrected chi connectivity index (χ0v) is 14.2. The standard InChI is InChI=1S/C8H16S7/c9-2-14-7-4(11)1-5(12)8(6(7)13)15-3-10/h4-13H,1-3H2. The van der Waals surface area contributed by atoms with E-state index >= 15 is 0 Å².